The first-order valence-electron chi connectivity index (χ1n) is 8.44. The maximum atomic E-state index is 11.3. The number of halogens is 1. The Balaban J connectivity index is 1.70. The standard InChI is InChI=1S/C22H17ClN2O/c23-13-21-24-22-19(15-26)7-4-8-20(22)25(21)14-16-9-11-18(12-10-16)17-5-2-1-3-6-17/h1-12,15H,13-14H2. The number of aromatic nitrogens is 2. The van der Waals surface area contributed by atoms with Gasteiger partial charge in [-0.05, 0) is 28.8 Å². The number of benzene rings is 3. The van der Waals surface area contributed by atoms with Crippen molar-refractivity contribution < 1.29 is 4.79 Å². The lowest BCUT2D eigenvalue weighted by atomic mass is 10.0. The Morgan fingerprint density at radius 1 is 0.885 bits per heavy atom. The van der Waals surface area contributed by atoms with Crippen LogP contribution in [-0.4, -0.2) is 15.8 Å². The van der Waals surface area contributed by atoms with Gasteiger partial charge in [0, 0.05) is 12.1 Å². The minimum atomic E-state index is 0.301. The molecule has 0 aliphatic rings. The van der Waals surface area contributed by atoms with E-state index in [-0.39, 0.29) is 0 Å². The molecule has 3 nitrogen and oxygen atoms in total. The molecule has 0 unspecified atom stereocenters. The van der Waals surface area contributed by atoms with Crippen LogP contribution in [0.4, 0.5) is 0 Å². The number of hydrogen-bond acceptors (Lipinski definition) is 2. The minimum absolute atomic E-state index is 0.301. The highest BCUT2D eigenvalue weighted by Gasteiger charge is 2.13. The van der Waals surface area contributed by atoms with E-state index in [0.29, 0.717) is 23.5 Å². The molecule has 0 spiro atoms. The molecule has 1 aromatic heterocycles. The van der Waals surface area contributed by atoms with Crippen molar-refractivity contribution >= 4 is 28.9 Å². The Bertz CT molecular complexity index is 1050. The van der Waals surface area contributed by atoms with Gasteiger partial charge < -0.3 is 4.57 Å². The maximum absolute atomic E-state index is 11.3. The van der Waals surface area contributed by atoms with E-state index in [2.05, 4.69) is 45.9 Å². The van der Waals surface area contributed by atoms with E-state index in [4.69, 9.17) is 11.6 Å². The van der Waals surface area contributed by atoms with Gasteiger partial charge >= 0.3 is 0 Å². The minimum Gasteiger partial charge on any atom is -0.322 e. The van der Waals surface area contributed by atoms with Gasteiger partial charge in [0.25, 0.3) is 0 Å². The molecule has 0 fully saturated rings. The molecule has 128 valence electrons. The number of fused-ring (bicyclic) bond motifs is 1. The van der Waals surface area contributed by atoms with Crippen molar-refractivity contribution in [2.24, 2.45) is 0 Å². The van der Waals surface area contributed by atoms with Gasteiger partial charge in [-0.3, -0.25) is 4.79 Å². The molecule has 26 heavy (non-hydrogen) atoms. The zero-order valence-electron chi connectivity index (χ0n) is 14.1. The molecule has 4 heteroatoms. The van der Waals surface area contributed by atoms with Gasteiger partial charge in [-0.25, -0.2) is 4.98 Å². The van der Waals surface area contributed by atoms with Crippen molar-refractivity contribution in [3.63, 3.8) is 0 Å². The largest absolute Gasteiger partial charge is 0.322 e. The van der Waals surface area contributed by atoms with Crippen molar-refractivity contribution in [1.29, 1.82) is 0 Å². The normalized spacial score (nSPS) is 11.0. The molecule has 0 radical (unpaired) electrons. The molecule has 0 saturated carbocycles. The number of carbonyl (C=O) groups is 1. The number of alkyl halides is 1. The fraction of sp³-hybridized carbons (Fsp3) is 0.0909. The zero-order valence-corrected chi connectivity index (χ0v) is 14.9. The number of para-hydroxylation sites is 1. The molecule has 3 aromatic carbocycles. The van der Waals surface area contributed by atoms with Gasteiger partial charge in [0.15, 0.2) is 6.29 Å². The van der Waals surface area contributed by atoms with E-state index >= 15 is 0 Å². The Morgan fingerprint density at radius 2 is 1.62 bits per heavy atom. The van der Waals surface area contributed by atoms with Crippen molar-refractivity contribution in [1.82, 2.24) is 9.55 Å². The number of rotatable bonds is 5. The van der Waals surface area contributed by atoms with Crippen molar-refractivity contribution in [2.45, 2.75) is 12.4 Å². The van der Waals surface area contributed by atoms with Crippen LogP contribution in [0.2, 0.25) is 0 Å². The van der Waals surface area contributed by atoms with E-state index in [9.17, 15) is 4.79 Å². The zero-order chi connectivity index (χ0) is 17.9. The molecule has 0 amide bonds. The summed E-state index contributed by atoms with van der Waals surface area (Å²) in [5, 5.41) is 0. The third kappa shape index (κ3) is 3.02. The molecule has 0 aliphatic heterocycles. The second-order valence-electron chi connectivity index (χ2n) is 6.14. The van der Waals surface area contributed by atoms with Gasteiger partial charge in [-0.15, -0.1) is 11.6 Å². The number of carbonyl (C=O) groups excluding carboxylic acids is 1. The van der Waals surface area contributed by atoms with Gasteiger partial charge in [0.05, 0.1) is 16.9 Å². The highest BCUT2D eigenvalue weighted by atomic mass is 35.5. The molecule has 0 aliphatic carbocycles. The summed E-state index contributed by atoms with van der Waals surface area (Å²) in [5.74, 6) is 1.07. The average Bonchev–Trinajstić information content (AvgIpc) is 3.07. The average molecular weight is 361 g/mol. The molecule has 1 heterocycles. The van der Waals surface area contributed by atoms with Crippen LogP contribution in [0.15, 0.2) is 72.8 Å². The molecule has 0 saturated heterocycles. The van der Waals surface area contributed by atoms with Crippen LogP contribution in [0.5, 0.6) is 0 Å². The molecule has 4 rings (SSSR count). The van der Waals surface area contributed by atoms with Crippen molar-refractivity contribution in [3.05, 3.63) is 89.7 Å². The molecular weight excluding hydrogens is 344 g/mol. The second-order valence-corrected chi connectivity index (χ2v) is 6.41. The van der Waals surface area contributed by atoms with Gasteiger partial charge in [0.2, 0.25) is 0 Å². The summed E-state index contributed by atoms with van der Waals surface area (Å²) in [7, 11) is 0. The fourth-order valence-electron chi connectivity index (χ4n) is 3.21. The van der Waals surface area contributed by atoms with E-state index in [1.807, 2.05) is 30.3 Å². The number of hydrogen-bond donors (Lipinski definition) is 0. The Morgan fingerprint density at radius 3 is 2.31 bits per heavy atom. The summed E-state index contributed by atoms with van der Waals surface area (Å²) in [4.78, 5) is 15.8. The monoisotopic (exact) mass is 360 g/mol. The molecular formula is C22H17ClN2O. The molecule has 0 atom stereocenters. The van der Waals surface area contributed by atoms with Crippen molar-refractivity contribution in [2.75, 3.05) is 0 Å². The summed E-state index contributed by atoms with van der Waals surface area (Å²) in [6.45, 7) is 0.663. The summed E-state index contributed by atoms with van der Waals surface area (Å²) in [5.41, 5.74) is 5.77. The van der Waals surface area contributed by atoms with Crippen LogP contribution in [0.25, 0.3) is 22.2 Å². The molecule has 4 aromatic rings. The third-order valence-electron chi connectivity index (χ3n) is 4.54. The lowest BCUT2D eigenvalue weighted by Crippen LogP contribution is -2.03. The summed E-state index contributed by atoms with van der Waals surface area (Å²) < 4.78 is 2.08. The third-order valence-corrected chi connectivity index (χ3v) is 4.78. The Kier molecular flexibility index (Phi) is 4.55. The maximum Gasteiger partial charge on any atom is 0.152 e. The van der Waals surface area contributed by atoms with Crippen LogP contribution in [0.1, 0.15) is 21.7 Å². The van der Waals surface area contributed by atoms with Crippen LogP contribution < -0.4 is 0 Å². The predicted octanol–water partition coefficient (Wildman–Crippen LogP) is 5.30. The van der Waals surface area contributed by atoms with E-state index in [1.54, 1.807) is 6.07 Å². The van der Waals surface area contributed by atoms with Crippen LogP contribution >= 0.6 is 11.6 Å². The van der Waals surface area contributed by atoms with Gasteiger partial charge in [-0.2, -0.15) is 0 Å². The highest BCUT2D eigenvalue weighted by molar-refractivity contribution is 6.17. The SMILES string of the molecule is O=Cc1cccc2c1nc(CCl)n2Cc1ccc(-c2ccccc2)cc1. The highest BCUT2D eigenvalue weighted by Crippen LogP contribution is 2.23. The molecule has 0 N–H and O–H groups in total. The van der Waals surface area contributed by atoms with E-state index in [0.717, 1.165) is 23.2 Å². The lowest BCUT2D eigenvalue weighted by Gasteiger charge is -2.09. The smallest absolute Gasteiger partial charge is 0.152 e. The number of nitrogens with zero attached hydrogens (tertiary/aromatic N) is 2. The van der Waals surface area contributed by atoms with E-state index < -0.39 is 0 Å². The second kappa shape index (κ2) is 7.14. The Labute approximate surface area is 156 Å². The molecule has 0 bridgehead atoms. The summed E-state index contributed by atoms with van der Waals surface area (Å²) in [6.07, 6.45) is 0.840. The van der Waals surface area contributed by atoms with Crippen molar-refractivity contribution in [3.8, 4) is 11.1 Å². The van der Waals surface area contributed by atoms with Crippen LogP contribution in [-0.2, 0) is 12.4 Å². The van der Waals surface area contributed by atoms with Gasteiger partial charge in [-0.1, -0.05) is 60.7 Å². The van der Waals surface area contributed by atoms with Gasteiger partial charge in [0.1, 0.15) is 5.82 Å². The summed E-state index contributed by atoms with van der Waals surface area (Å²) in [6, 6.07) is 24.4. The van der Waals surface area contributed by atoms with E-state index in [1.165, 1.54) is 11.1 Å². The first kappa shape index (κ1) is 16.6. The number of aldehydes is 1. The topological polar surface area (TPSA) is 34.9 Å². The van der Waals surface area contributed by atoms with Crippen LogP contribution in [0.3, 0.4) is 0 Å². The first-order chi connectivity index (χ1) is 12.8. The Hall–Kier alpha value is -2.91. The summed E-state index contributed by atoms with van der Waals surface area (Å²) >= 11 is 6.10. The predicted molar refractivity (Wildman–Crippen MR) is 106 cm³/mol. The van der Waals surface area contributed by atoms with Crippen LogP contribution in [0, 0.1) is 0 Å². The lowest BCUT2D eigenvalue weighted by molar-refractivity contribution is 0.112. The fourth-order valence-corrected chi connectivity index (χ4v) is 3.41. The number of imidazole rings is 1. The first-order valence-corrected chi connectivity index (χ1v) is 8.97. The quantitative estimate of drug-likeness (QED) is 0.357.